The van der Waals surface area contributed by atoms with Crippen molar-refractivity contribution in [2.24, 2.45) is 0 Å². The predicted molar refractivity (Wildman–Crippen MR) is 76.8 cm³/mol. The normalized spacial score (nSPS) is 10.8. The number of hydrogen-bond donors (Lipinski definition) is 1. The van der Waals surface area contributed by atoms with Crippen molar-refractivity contribution in [1.82, 2.24) is 0 Å². The second-order valence-electron chi connectivity index (χ2n) is 3.69. The Balaban J connectivity index is 2.06. The van der Waals surface area contributed by atoms with Crippen LogP contribution in [0.5, 0.6) is 5.75 Å². The van der Waals surface area contributed by atoms with E-state index in [-0.39, 0.29) is 0 Å². The van der Waals surface area contributed by atoms with E-state index in [2.05, 4.69) is 0 Å². The number of hydrogen-bond acceptors (Lipinski definition) is 3. The summed E-state index contributed by atoms with van der Waals surface area (Å²) in [6.45, 7) is 0.362. The quantitative estimate of drug-likeness (QED) is 0.845. The molecule has 0 atom stereocenters. The molecule has 2 rings (SSSR count). The van der Waals surface area contributed by atoms with Crippen molar-refractivity contribution in [2.45, 2.75) is 6.61 Å². The Kier molecular flexibility index (Phi) is 4.60. The van der Waals surface area contributed by atoms with E-state index in [0.717, 1.165) is 16.5 Å². The van der Waals surface area contributed by atoms with Crippen LogP contribution in [0.3, 0.4) is 0 Å². The van der Waals surface area contributed by atoms with E-state index in [1.807, 2.05) is 23.6 Å². The molecule has 0 fully saturated rings. The van der Waals surface area contributed by atoms with Crippen LogP contribution < -0.4 is 4.74 Å². The van der Waals surface area contributed by atoms with Gasteiger partial charge in [0.15, 0.2) is 0 Å². The van der Waals surface area contributed by atoms with E-state index in [0.29, 0.717) is 17.4 Å². The fraction of sp³-hybridized carbons (Fsp3) is 0.0714. The zero-order chi connectivity index (χ0) is 13.7. The minimum absolute atomic E-state index is 0.362. The Morgan fingerprint density at radius 3 is 2.89 bits per heavy atom. The van der Waals surface area contributed by atoms with Gasteiger partial charge in [-0.3, -0.25) is 0 Å². The molecule has 1 heterocycles. The monoisotopic (exact) mass is 294 g/mol. The largest absolute Gasteiger partial charge is 0.486 e. The third-order valence-corrected chi connectivity index (χ3v) is 3.60. The molecule has 1 N–H and O–H groups in total. The zero-order valence-electron chi connectivity index (χ0n) is 9.88. The van der Waals surface area contributed by atoms with Crippen molar-refractivity contribution in [1.29, 1.82) is 0 Å². The van der Waals surface area contributed by atoms with Crippen molar-refractivity contribution in [3.8, 4) is 5.75 Å². The molecular weight excluding hydrogens is 284 g/mol. The van der Waals surface area contributed by atoms with Crippen molar-refractivity contribution in [2.75, 3.05) is 0 Å². The average Bonchev–Trinajstić information content (AvgIpc) is 2.83. The summed E-state index contributed by atoms with van der Waals surface area (Å²) in [6.07, 6.45) is 2.67. The van der Waals surface area contributed by atoms with Crippen LogP contribution in [0.15, 0.2) is 41.8 Å². The van der Waals surface area contributed by atoms with Gasteiger partial charge < -0.3 is 9.84 Å². The third kappa shape index (κ3) is 3.84. The maximum atomic E-state index is 10.5. The summed E-state index contributed by atoms with van der Waals surface area (Å²) >= 11 is 7.51. The Labute approximate surface area is 119 Å². The number of ether oxygens (including phenoxy) is 1. The first-order valence-electron chi connectivity index (χ1n) is 5.51. The minimum atomic E-state index is -0.968. The topological polar surface area (TPSA) is 46.5 Å². The van der Waals surface area contributed by atoms with Crippen molar-refractivity contribution >= 4 is 35.0 Å². The molecule has 1 aromatic carbocycles. The van der Waals surface area contributed by atoms with Gasteiger partial charge in [-0.1, -0.05) is 23.7 Å². The second kappa shape index (κ2) is 6.41. The molecule has 0 bridgehead atoms. The van der Waals surface area contributed by atoms with Crippen molar-refractivity contribution in [3.63, 3.8) is 0 Å². The number of aliphatic carboxylic acids is 1. The van der Waals surface area contributed by atoms with E-state index in [4.69, 9.17) is 21.4 Å². The molecule has 0 saturated heterocycles. The summed E-state index contributed by atoms with van der Waals surface area (Å²) in [4.78, 5) is 11.5. The fourth-order valence-corrected chi connectivity index (χ4v) is 2.45. The molecule has 1 aromatic heterocycles. The van der Waals surface area contributed by atoms with Gasteiger partial charge in [-0.15, -0.1) is 11.3 Å². The molecule has 19 heavy (non-hydrogen) atoms. The lowest BCUT2D eigenvalue weighted by Crippen LogP contribution is -1.95. The number of halogens is 1. The number of rotatable bonds is 5. The third-order valence-electron chi connectivity index (χ3n) is 2.38. The van der Waals surface area contributed by atoms with E-state index >= 15 is 0 Å². The summed E-state index contributed by atoms with van der Waals surface area (Å²) in [5.41, 5.74) is 0.847. The standard InChI is InChI=1S/C14H11ClO3S/c15-11-3-1-2-4-12(11)18-9-13-10(7-8-19-13)5-6-14(16)17/h1-8H,9H2,(H,16,17). The molecule has 3 nitrogen and oxygen atoms in total. The van der Waals surface area contributed by atoms with Gasteiger partial charge in [-0.2, -0.15) is 0 Å². The highest BCUT2D eigenvalue weighted by Crippen LogP contribution is 2.26. The molecular formula is C14H11ClO3S. The van der Waals surface area contributed by atoms with Gasteiger partial charge in [0.2, 0.25) is 0 Å². The summed E-state index contributed by atoms with van der Waals surface area (Å²) in [5.74, 6) is -0.352. The van der Waals surface area contributed by atoms with Crippen molar-refractivity contribution < 1.29 is 14.6 Å². The summed E-state index contributed by atoms with van der Waals surface area (Å²) in [5, 5.41) is 11.1. The summed E-state index contributed by atoms with van der Waals surface area (Å²) < 4.78 is 5.63. The van der Waals surface area contributed by atoms with Gasteiger partial charge in [0.25, 0.3) is 0 Å². The number of carboxylic acid groups (broad SMARTS) is 1. The van der Waals surface area contributed by atoms with E-state index < -0.39 is 5.97 Å². The molecule has 0 amide bonds. The Hall–Kier alpha value is -1.78. The molecule has 0 aliphatic rings. The average molecular weight is 295 g/mol. The first-order chi connectivity index (χ1) is 9.16. The number of carbonyl (C=O) groups is 1. The van der Waals surface area contributed by atoms with Crippen LogP contribution in [-0.4, -0.2) is 11.1 Å². The molecule has 0 aliphatic heterocycles. The van der Waals surface area contributed by atoms with Gasteiger partial charge >= 0.3 is 5.97 Å². The van der Waals surface area contributed by atoms with Gasteiger partial charge in [-0.05, 0) is 35.2 Å². The highest BCUT2D eigenvalue weighted by Gasteiger charge is 2.05. The molecule has 2 aromatic rings. The van der Waals surface area contributed by atoms with Crippen LogP contribution in [0.1, 0.15) is 10.4 Å². The number of benzene rings is 1. The molecule has 0 aliphatic carbocycles. The van der Waals surface area contributed by atoms with E-state index in [9.17, 15) is 4.79 Å². The highest BCUT2D eigenvalue weighted by atomic mass is 35.5. The summed E-state index contributed by atoms with van der Waals surface area (Å²) in [6, 6.07) is 9.09. The van der Waals surface area contributed by atoms with E-state index in [1.165, 1.54) is 11.3 Å². The Bertz CT molecular complexity index is 604. The summed E-state index contributed by atoms with van der Waals surface area (Å²) in [7, 11) is 0. The van der Waals surface area contributed by atoms with Crippen LogP contribution in [0.2, 0.25) is 5.02 Å². The van der Waals surface area contributed by atoms with Gasteiger partial charge in [0.05, 0.1) is 5.02 Å². The molecule has 0 radical (unpaired) electrons. The lowest BCUT2D eigenvalue weighted by atomic mass is 10.2. The van der Waals surface area contributed by atoms with Crippen LogP contribution >= 0.6 is 22.9 Å². The van der Waals surface area contributed by atoms with Crippen LogP contribution in [0, 0.1) is 0 Å². The first kappa shape index (κ1) is 13.6. The maximum absolute atomic E-state index is 10.5. The maximum Gasteiger partial charge on any atom is 0.328 e. The minimum Gasteiger partial charge on any atom is -0.486 e. The smallest absolute Gasteiger partial charge is 0.328 e. The Morgan fingerprint density at radius 2 is 2.16 bits per heavy atom. The number of carboxylic acids is 1. The second-order valence-corrected chi connectivity index (χ2v) is 5.10. The fourth-order valence-electron chi connectivity index (χ4n) is 1.48. The lowest BCUT2D eigenvalue weighted by molar-refractivity contribution is -0.131. The van der Waals surface area contributed by atoms with Crippen molar-refractivity contribution in [3.05, 3.63) is 57.3 Å². The molecule has 0 saturated carbocycles. The molecule has 0 spiro atoms. The molecule has 98 valence electrons. The predicted octanol–water partition coefficient (Wildman–Crippen LogP) is 4.08. The lowest BCUT2D eigenvalue weighted by Gasteiger charge is -2.07. The van der Waals surface area contributed by atoms with Crippen LogP contribution in [0.4, 0.5) is 0 Å². The van der Waals surface area contributed by atoms with Gasteiger partial charge in [-0.25, -0.2) is 4.79 Å². The molecule has 5 heteroatoms. The number of para-hydroxylation sites is 1. The first-order valence-corrected chi connectivity index (χ1v) is 6.77. The van der Waals surface area contributed by atoms with Gasteiger partial charge in [0.1, 0.15) is 12.4 Å². The zero-order valence-corrected chi connectivity index (χ0v) is 11.4. The van der Waals surface area contributed by atoms with Crippen LogP contribution in [0.25, 0.3) is 6.08 Å². The molecule has 0 unspecified atom stereocenters. The highest BCUT2D eigenvalue weighted by molar-refractivity contribution is 7.10. The van der Waals surface area contributed by atoms with Crippen LogP contribution in [-0.2, 0) is 11.4 Å². The number of thiophene rings is 1. The van der Waals surface area contributed by atoms with E-state index in [1.54, 1.807) is 18.2 Å². The van der Waals surface area contributed by atoms with Gasteiger partial charge in [0, 0.05) is 11.0 Å². The Morgan fingerprint density at radius 1 is 1.37 bits per heavy atom. The SMILES string of the molecule is O=C(O)C=Cc1ccsc1COc1ccccc1Cl.